The first-order valence-corrected chi connectivity index (χ1v) is 25.7. The number of hydrogen-bond donors (Lipinski definition) is 0. The topological polar surface area (TPSA) is 9.72 Å². The molecule has 4 heteroatoms. The van der Waals surface area contributed by atoms with Crippen molar-refractivity contribution in [2.75, 3.05) is 14.7 Å². The Hall–Kier alpha value is -7.56. The van der Waals surface area contributed by atoms with Crippen molar-refractivity contribution < 1.29 is 11.0 Å². The number of benzene rings is 9. The number of anilines is 9. The summed E-state index contributed by atoms with van der Waals surface area (Å²) < 4.78 is 73.2. The van der Waals surface area contributed by atoms with Crippen molar-refractivity contribution in [3.8, 4) is 22.3 Å². The highest BCUT2D eigenvalue weighted by atomic mass is 15.2. The van der Waals surface area contributed by atoms with E-state index < -0.39 is 31.7 Å². The number of nitrogens with zero attached hydrogens (tertiary/aromatic N) is 3. The molecule has 2 heterocycles. The number of hydrogen-bond acceptors (Lipinski definition) is 3. The van der Waals surface area contributed by atoms with Gasteiger partial charge in [0.25, 0.3) is 6.71 Å². The van der Waals surface area contributed by atoms with Crippen LogP contribution in [-0.2, 0) is 21.7 Å². The van der Waals surface area contributed by atoms with Crippen molar-refractivity contribution in [3.05, 3.63) is 227 Å². The summed E-state index contributed by atoms with van der Waals surface area (Å²) in [5.74, 6) is 0. The Balaban J connectivity index is 1.13. The average Bonchev–Trinajstić information content (AvgIpc) is 3.89. The van der Waals surface area contributed by atoms with Crippen LogP contribution < -0.4 is 31.1 Å². The average molecular weight is 954 g/mol. The molecule has 0 fully saturated rings. The standard InChI is InChI=1S/C69H64BN3/c1-43-37-63-65-64(38-43)73(49-30-33-53-51-21-15-17-23-55(51)69(10,11)58(53)41-49)62-42-50(71(46-19-13-12-14-20-46)47-28-25-44(26-29-47)66(2,3)4)32-35-59(62)70(65)60-39-45(67(5,6)7)27-36-61(60)72(63)48-31-34-57-54(40-48)52-22-16-18-24-56(52)68(57,8)9/h12-42H,1-11H3/i1D3,12D,13D,14D,19D,20D. The lowest BCUT2D eigenvalue weighted by Gasteiger charge is -2.45. The maximum absolute atomic E-state index is 9.46. The van der Waals surface area contributed by atoms with E-state index in [2.05, 4.69) is 194 Å². The van der Waals surface area contributed by atoms with E-state index >= 15 is 0 Å². The van der Waals surface area contributed by atoms with Crippen LogP contribution in [0.1, 0.15) is 119 Å². The molecule has 0 radical (unpaired) electrons. The molecule has 4 aliphatic rings. The Bertz CT molecular complexity index is 4140. The summed E-state index contributed by atoms with van der Waals surface area (Å²) in [7, 11) is 0. The number of para-hydroxylation sites is 1. The molecular formula is C69H64BN3. The van der Waals surface area contributed by atoms with E-state index in [1.54, 1.807) is 4.90 Å². The fraction of sp³-hybridized carbons (Fsp3) is 0.217. The van der Waals surface area contributed by atoms with Gasteiger partial charge in [-0.3, -0.25) is 0 Å². The molecule has 13 rings (SSSR count). The van der Waals surface area contributed by atoms with Gasteiger partial charge >= 0.3 is 0 Å². The zero-order valence-corrected chi connectivity index (χ0v) is 43.4. The fourth-order valence-corrected chi connectivity index (χ4v) is 12.7. The van der Waals surface area contributed by atoms with Gasteiger partial charge in [-0.05, 0) is 174 Å². The SMILES string of the molecule is [2H]c1c([2H])c([2H])c(N(c2ccc(C(C)(C)C)cc2)c2ccc3c(c2)N(c2ccc4c(c2)C(C)(C)c2ccccc2-4)c2cc(C([2H])([2H])[2H])cc4c2B3c2cc(C(C)(C)C)ccc2N4c2ccc3c(c2)-c2ccccc2C3(C)C)c([2H])c1[2H]. The Kier molecular flexibility index (Phi) is 8.02. The molecule has 3 nitrogen and oxygen atoms in total. The molecule has 0 unspecified atom stereocenters. The molecule has 358 valence electrons. The predicted molar refractivity (Wildman–Crippen MR) is 312 cm³/mol. The zero-order chi connectivity index (χ0) is 57.4. The zero-order valence-electron chi connectivity index (χ0n) is 51.4. The van der Waals surface area contributed by atoms with E-state index in [9.17, 15) is 6.85 Å². The van der Waals surface area contributed by atoms with Crippen molar-refractivity contribution in [3.63, 3.8) is 0 Å². The monoisotopic (exact) mass is 954 g/mol. The van der Waals surface area contributed by atoms with E-state index in [0.717, 1.165) is 78.3 Å². The van der Waals surface area contributed by atoms with Crippen LogP contribution in [0.4, 0.5) is 51.2 Å². The first kappa shape index (κ1) is 37.2. The summed E-state index contributed by atoms with van der Waals surface area (Å²) in [5.41, 5.74) is 20.1. The first-order chi connectivity index (χ1) is 38.2. The summed E-state index contributed by atoms with van der Waals surface area (Å²) in [4.78, 5) is 6.31. The minimum absolute atomic E-state index is 0.0186. The number of rotatable bonds is 5. The van der Waals surface area contributed by atoms with Crippen LogP contribution in [0.5, 0.6) is 0 Å². The van der Waals surface area contributed by atoms with Crippen LogP contribution in [0, 0.1) is 6.85 Å². The van der Waals surface area contributed by atoms with Gasteiger partial charge in [-0.1, -0.05) is 178 Å². The largest absolute Gasteiger partial charge is 0.311 e. The van der Waals surface area contributed by atoms with Crippen LogP contribution in [0.3, 0.4) is 0 Å². The normalized spacial score (nSPS) is 16.9. The summed E-state index contributed by atoms with van der Waals surface area (Å²) in [6.07, 6.45) is 0. The molecule has 9 aromatic carbocycles. The van der Waals surface area contributed by atoms with Gasteiger partial charge < -0.3 is 14.7 Å². The Morgan fingerprint density at radius 2 is 1.01 bits per heavy atom. The van der Waals surface area contributed by atoms with Crippen molar-refractivity contribution in [1.29, 1.82) is 0 Å². The van der Waals surface area contributed by atoms with Gasteiger partial charge in [0.05, 0.1) is 6.85 Å². The second-order valence-electron chi connectivity index (χ2n) is 23.7. The molecule has 0 amide bonds. The van der Waals surface area contributed by atoms with Gasteiger partial charge in [-0.2, -0.15) is 0 Å². The summed E-state index contributed by atoms with van der Waals surface area (Å²) in [6.45, 7) is 19.3. The Morgan fingerprint density at radius 3 is 1.68 bits per heavy atom. The third-order valence-corrected chi connectivity index (χ3v) is 16.5. The lowest BCUT2D eigenvalue weighted by molar-refractivity contribution is 0.590. The molecule has 0 aromatic heterocycles. The molecule has 9 aromatic rings. The Labute approximate surface area is 445 Å². The molecule has 0 saturated carbocycles. The van der Waals surface area contributed by atoms with Crippen molar-refractivity contribution >= 4 is 74.3 Å². The first-order valence-electron chi connectivity index (χ1n) is 29.7. The highest BCUT2D eigenvalue weighted by molar-refractivity contribution is 7.00. The van der Waals surface area contributed by atoms with Crippen LogP contribution in [-0.4, -0.2) is 6.71 Å². The second-order valence-corrected chi connectivity index (χ2v) is 23.7. The van der Waals surface area contributed by atoms with Gasteiger partial charge in [0, 0.05) is 66.1 Å². The van der Waals surface area contributed by atoms with E-state index in [-0.39, 0.29) is 45.0 Å². The van der Waals surface area contributed by atoms with Crippen LogP contribution in [0.2, 0.25) is 0 Å². The van der Waals surface area contributed by atoms with Crippen LogP contribution in [0.25, 0.3) is 22.3 Å². The molecule has 0 bridgehead atoms. The summed E-state index contributed by atoms with van der Waals surface area (Å²) in [6, 6.07) is 53.3. The van der Waals surface area contributed by atoms with Gasteiger partial charge in [0.15, 0.2) is 0 Å². The number of aryl methyl sites for hydroxylation is 1. The lowest BCUT2D eigenvalue weighted by atomic mass is 9.33. The molecular weight excluding hydrogens is 882 g/mol. The smallest absolute Gasteiger partial charge is 0.252 e. The lowest BCUT2D eigenvalue weighted by Crippen LogP contribution is -2.61. The highest BCUT2D eigenvalue weighted by Crippen LogP contribution is 2.54. The molecule has 0 N–H and O–H groups in total. The van der Waals surface area contributed by atoms with E-state index in [0.29, 0.717) is 11.4 Å². The second kappa shape index (κ2) is 15.7. The molecule has 2 aliphatic carbocycles. The summed E-state index contributed by atoms with van der Waals surface area (Å²) >= 11 is 0. The molecule has 0 spiro atoms. The minimum Gasteiger partial charge on any atom is -0.311 e. The summed E-state index contributed by atoms with van der Waals surface area (Å²) in [5, 5.41) is 0. The maximum atomic E-state index is 9.46. The van der Waals surface area contributed by atoms with Gasteiger partial charge in [-0.25, -0.2) is 0 Å². The van der Waals surface area contributed by atoms with Crippen LogP contribution in [0.15, 0.2) is 188 Å². The van der Waals surface area contributed by atoms with Gasteiger partial charge in [0.2, 0.25) is 0 Å². The Morgan fingerprint density at radius 1 is 0.452 bits per heavy atom. The van der Waals surface area contributed by atoms with Crippen LogP contribution >= 0.6 is 0 Å². The number of fused-ring (bicyclic) bond motifs is 10. The van der Waals surface area contributed by atoms with Crippen molar-refractivity contribution in [2.45, 2.75) is 97.7 Å². The third kappa shape index (κ3) is 6.79. The third-order valence-electron chi connectivity index (χ3n) is 16.5. The molecule has 2 aliphatic heterocycles. The highest BCUT2D eigenvalue weighted by Gasteiger charge is 2.46. The van der Waals surface area contributed by atoms with Crippen molar-refractivity contribution in [1.82, 2.24) is 0 Å². The van der Waals surface area contributed by atoms with E-state index in [1.807, 2.05) is 42.5 Å². The fourth-order valence-electron chi connectivity index (χ4n) is 12.7. The van der Waals surface area contributed by atoms with Gasteiger partial charge in [0.1, 0.15) is 0 Å². The minimum atomic E-state index is -2.52. The quantitative estimate of drug-likeness (QED) is 0.159. The maximum Gasteiger partial charge on any atom is 0.252 e. The predicted octanol–water partition coefficient (Wildman–Crippen LogP) is 16.8. The molecule has 0 saturated heterocycles. The van der Waals surface area contributed by atoms with E-state index in [1.165, 1.54) is 27.8 Å². The molecule has 0 atom stereocenters. The van der Waals surface area contributed by atoms with Crippen molar-refractivity contribution in [2.24, 2.45) is 0 Å². The van der Waals surface area contributed by atoms with E-state index in [4.69, 9.17) is 4.11 Å². The van der Waals surface area contributed by atoms with Gasteiger partial charge in [-0.15, -0.1) is 0 Å². The molecule has 73 heavy (non-hydrogen) atoms.